The van der Waals surface area contributed by atoms with Crippen LogP contribution in [-0.2, 0) is 17.6 Å². The number of carboxylic acid groups (broad SMARTS) is 1. The zero-order chi connectivity index (χ0) is 12.5. The van der Waals surface area contributed by atoms with Crippen LogP contribution < -0.4 is 4.74 Å². The minimum absolute atomic E-state index is 0.680. The van der Waals surface area contributed by atoms with Gasteiger partial charge in [-0.15, -0.1) is 0 Å². The van der Waals surface area contributed by atoms with E-state index in [0.717, 1.165) is 18.4 Å². The molecular formula is C14H16O3. The summed E-state index contributed by atoms with van der Waals surface area (Å²) in [7, 11) is 0. The largest absolute Gasteiger partial charge is 0.478 e. The van der Waals surface area contributed by atoms with E-state index >= 15 is 0 Å². The molecule has 0 aliphatic heterocycles. The molecule has 17 heavy (non-hydrogen) atoms. The Bertz CT molecular complexity index is 472. The smallest absolute Gasteiger partial charge is 0.347 e. The summed E-state index contributed by atoms with van der Waals surface area (Å²) in [5, 5.41) is 9.07. The number of benzene rings is 1. The lowest BCUT2D eigenvalue weighted by Crippen LogP contribution is -2.38. The van der Waals surface area contributed by atoms with Gasteiger partial charge in [0.25, 0.3) is 0 Å². The Balaban J connectivity index is 2.32. The number of hydrogen-bond donors (Lipinski definition) is 1. The summed E-state index contributed by atoms with van der Waals surface area (Å²) in [4.78, 5) is 11.1. The van der Waals surface area contributed by atoms with E-state index in [2.05, 4.69) is 18.2 Å². The summed E-state index contributed by atoms with van der Waals surface area (Å²) in [5.41, 5.74) is 1.12. The summed E-state index contributed by atoms with van der Waals surface area (Å²) in [6.07, 6.45) is 5.90. The van der Waals surface area contributed by atoms with Gasteiger partial charge in [-0.2, -0.15) is 0 Å². The lowest BCUT2D eigenvalue weighted by atomic mass is 9.96. The van der Waals surface area contributed by atoms with E-state index < -0.39 is 11.6 Å². The van der Waals surface area contributed by atoms with Gasteiger partial charge in [0.05, 0.1) is 0 Å². The Kier molecular flexibility index (Phi) is 2.92. The van der Waals surface area contributed by atoms with Gasteiger partial charge in [-0.3, -0.25) is 0 Å². The van der Waals surface area contributed by atoms with Crippen LogP contribution >= 0.6 is 0 Å². The van der Waals surface area contributed by atoms with Crippen molar-refractivity contribution >= 4 is 5.97 Å². The summed E-state index contributed by atoms with van der Waals surface area (Å²) in [6, 6.07) is 5.80. The fraction of sp³-hybridized carbons (Fsp3) is 0.357. The number of carboxylic acids is 1. The molecule has 0 atom stereocenters. The van der Waals surface area contributed by atoms with Crippen molar-refractivity contribution in [2.24, 2.45) is 0 Å². The zero-order valence-electron chi connectivity index (χ0n) is 10.1. The molecule has 1 aromatic rings. The first-order valence-corrected chi connectivity index (χ1v) is 5.69. The van der Waals surface area contributed by atoms with Crippen molar-refractivity contribution in [2.75, 3.05) is 0 Å². The highest BCUT2D eigenvalue weighted by atomic mass is 16.5. The molecule has 0 saturated heterocycles. The van der Waals surface area contributed by atoms with Crippen LogP contribution in [0.1, 0.15) is 25.0 Å². The minimum atomic E-state index is -1.20. The third-order valence-corrected chi connectivity index (χ3v) is 2.94. The first-order chi connectivity index (χ1) is 8.00. The van der Waals surface area contributed by atoms with Crippen LogP contribution in [0.2, 0.25) is 0 Å². The monoisotopic (exact) mass is 232 g/mol. The molecule has 1 aliphatic rings. The van der Waals surface area contributed by atoms with Crippen molar-refractivity contribution in [1.29, 1.82) is 0 Å². The average Bonchev–Trinajstić information content (AvgIpc) is 2.29. The molecular weight excluding hydrogens is 216 g/mol. The first-order valence-electron chi connectivity index (χ1n) is 5.69. The van der Waals surface area contributed by atoms with Gasteiger partial charge in [0.15, 0.2) is 5.60 Å². The highest BCUT2D eigenvalue weighted by Gasteiger charge is 2.30. The van der Waals surface area contributed by atoms with Gasteiger partial charge >= 0.3 is 5.97 Å². The molecule has 1 aliphatic carbocycles. The first kappa shape index (κ1) is 11.7. The number of fused-ring (bicyclic) bond motifs is 1. The van der Waals surface area contributed by atoms with E-state index in [1.165, 1.54) is 5.56 Å². The van der Waals surface area contributed by atoms with Crippen molar-refractivity contribution in [3.05, 3.63) is 41.5 Å². The maximum Gasteiger partial charge on any atom is 0.347 e. The van der Waals surface area contributed by atoms with Gasteiger partial charge in [0.1, 0.15) is 5.75 Å². The zero-order valence-corrected chi connectivity index (χ0v) is 10.1. The minimum Gasteiger partial charge on any atom is -0.478 e. The Labute approximate surface area is 101 Å². The third-order valence-electron chi connectivity index (χ3n) is 2.94. The van der Waals surface area contributed by atoms with E-state index in [4.69, 9.17) is 9.84 Å². The summed E-state index contributed by atoms with van der Waals surface area (Å²) in [6.45, 7) is 3.13. The highest BCUT2D eigenvalue weighted by molar-refractivity contribution is 5.76. The Morgan fingerprint density at radius 1 is 1.29 bits per heavy atom. The fourth-order valence-corrected chi connectivity index (χ4v) is 1.86. The van der Waals surface area contributed by atoms with E-state index in [-0.39, 0.29) is 0 Å². The quantitative estimate of drug-likeness (QED) is 0.815. The van der Waals surface area contributed by atoms with Gasteiger partial charge in [0.2, 0.25) is 0 Å². The molecule has 3 heteroatoms. The standard InChI is InChI=1S/C14H16O3/c1-14(2,13(15)16)17-12-9-5-7-10-6-3-4-8-11(10)12/h3-5,7,9H,6,8H2,1-2H3,(H,15,16). The number of ether oxygens (including phenoxy) is 1. The van der Waals surface area contributed by atoms with Crippen LogP contribution in [0.3, 0.4) is 0 Å². The van der Waals surface area contributed by atoms with Crippen molar-refractivity contribution < 1.29 is 14.6 Å². The predicted molar refractivity (Wildman–Crippen MR) is 65.3 cm³/mol. The topological polar surface area (TPSA) is 46.5 Å². The van der Waals surface area contributed by atoms with Gasteiger partial charge in [0, 0.05) is 5.56 Å². The second-order valence-electron chi connectivity index (χ2n) is 4.69. The Morgan fingerprint density at radius 2 is 2.00 bits per heavy atom. The van der Waals surface area contributed by atoms with Crippen LogP contribution in [0.5, 0.6) is 5.75 Å². The number of carbonyl (C=O) groups is 1. The van der Waals surface area contributed by atoms with E-state index in [1.807, 2.05) is 12.1 Å². The van der Waals surface area contributed by atoms with Gasteiger partial charge in [-0.25, -0.2) is 4.79 Å². The lowest BCUT2D eigenvalue weighted by molar-refractivity contribution is -0.152. The van der Waals surface area contributed by atoms with Gasteiger partial charge in [-0.1, -0.05) is 24.3 Å². The normalized spacial score (nSPS) is 14.2. The number of allylic oxidation sites excluding steroid dienone is 2. The van der Waals surface area contributed by atoms with Crippen LogP contribution in [0, 0.1) is 0 Å². The second kappa shape index (κ2) is 4.24. The van der Waals surface area contributed by atoms with Crippen molar-refractivity contribution in [3.63, 3.8) is 0 Å². The molecule has 0 heterocycles. The average molecular weight is 232 g/mol. The molecule has 0 amide bonds. The molecule has 0 spiro atoms. The van der Waals surface area contributed by atoms with E-state index in [9.17, 15) is 4.79 Å². The van der Waals surface area contributed by atoms with Crippen LogP contribution in [0.15, 0.2) is 30.4 Å². The Hall–Kier alpha value is -1.77. The van der Waals surface area contributed by atoms with E-state index in [0.29, 0.717) is 5.75 Å². The van der Waals surface area contributed by atoms with Crippen LogP contribution in [-0.4, -0.2) is 16.7 Å². The predicted octanol–water partition coefficient (Wildman–Crippen LogP) is 2.58. The third kappa shape index (κ3) is 2.33. The lowest BCUT2D eigenvalue weighted by Gasteiger charge is -2.25. The molecule has 90 valence electrons. The summed E-state index contributed by atoms with van der Waals surface area (Å²) < 4.78 is 5.63. The van der Waals surface area contributed by atoms with Crippen molar-refractivity contribution in [3.8, 4) is 5.75 Å². The molecule has 0 saturated carbocycles. The number of hydrogen-bond acceptors (Lipinski definition) is 2. The SMILES string of the molecule is CC(C)(Oc1cccc2c1CC=CC2)C(=O)O. The maximum atomic E-state index is 11.1. The molecule has 3 nitrogen and oxygen atoms in total. The number of rotatable bonds is 3. The fourth-order valence-electron chi connectivity index (χ4n) is 1.86. The van der Waals surface area contributed by atoms with Crippen LogP contribution in [0.4, 0.5) is 0 Å². The molecule has 0 unspecified atom stereocenters. The van der Waals surface area contributed by atoms with E-state index in [1.54, 1.807) is 13.8 Å². The Morgan fingerprint density at radius 3 is 2.71 bits per heavy atom. The maximum absolute atomic E-state index is 11.1. The van der Waals surface area contributed by atoms with Crippen LogP contribution in [0.25, 0.3) is 0 Å². The molecule has 1 aromatic carbocycles. The number of aliphatic carboxylic acids is 1. The van der Waals surface area contributed by atoms with Gasteiger partial charge < -0.3 is 9.84 Å². The molecule has 0 aromatic heterocycles. The second-order valence-corrected chi connectivity index (χ2v) is 4.69. The van der Waals surface area contributed by atoms with Gasteiger partial charge in [-0.05, 0) is 38.3 Å². The molecule has 2 rings (SSSR count). The molecule has 1 N–H and O–H groups in total. The summed E-state index contributed by atoms with van der Waals surface area (Å²) >= 11 is 0. The molecule has 0 radical (unpaired) electrons. The summed E-state index contributed by atoms with van der Waals surface area (Å²) in [5.74, 6) is -0.277. The molecule has 0 bridgehead atoms. The van der Waals surface area contributed by atoms with Crippen molar-refractivity contribution in [1.82, 2.24) is 0 Å². The molecule has 0 fully saturated rings. The highest BCUT2D eigenvalue weighted by Crippen LogP contribution is 2.29. The van der Waals surface area contributed by atoms with Crippen molar-refractivity contribution in [2.45, 2.75) is 32.3 Å².